The van der Waals surface area contributed by atoms with Crippen LogP contribution in [0.4, 0.5) is 0 Å². The lowest BCUT2D eigenvalue weighted by Gasteiger charge is -2.36. The van der Waals surface area contributed by atoms with E-state index in [0.29, 0.717) is 42.0 Å². The highest BCUT2D eigenvalue weighted by Gasteiger charge is 2.45. The number of ether oxygens (including phenoxy) is 2. The predicted molar refractivity (Wildman–Crippen MR) is 109 cm³/mol. The first-order chi connectivity index (χ1) is 14.0. The lowest BCUT2D eigenvalue weighted by atomic mass is 9.67. The third kappa shape index (κ3) is 3.03. The lowest BCUT2D eigenvalue weighted by Crippen LogP contribution is -2.38. The number of carboxylic acid groups (broad SMARTS) is 1. The van der Waals surface area contributed by atoms with Crippen molar-refractivity contribution in [3.63, 3.8) is 0 Å². The van der Waals surface area contributed by atoms with Crippen LogP contribution >= 0.6 is 0 Å². The van der Waals surface area contributed by atoms with Crippen LogP contribution in [-0.2, 0) is 16.8 Å². The fourth-order valence-electron chi connectivity index (χ4n) is 4.77. The Kier molecular flexibility index (Phi) is 4.94. The first-order valence-corrected chi connectivity index (χ1v) is 9.92. The second-order valence-corrected chi connectivity index (χ2v) is 7.73. The van der Waals surface area contributed by atoms with Gasteiger partial charge in [0.1, 0.15) is 0 Å². The Balaban J connectivity index is 1.98. The number of carbonyl (C=O) groups is 2. The average Bonchev–Trinajstić information content (AvgIpc) is 3.13. The Morgan fingerprint density at radius 2 is 1.76 bits per heavy atom. The van der Waals surface area contributed by atoms with Gasteiger partial charge in [-0.3, -0.25) is 9.59 Å². The standard InChI is InChI=1S/C23H25NO5/c1-28-18-9-8-16(14-6-7-17-15(12-14)13-24-21(17)25)19(20(18)29-2)23(22(26)27)10-4-3-5-11-23/h6-9,12H,3-5,10-11,13H2,1-2H3,(H,24,25)(H,26,27). The fraction of sp³-hybridized carbons (Fsp3) is 0.391. The molecule has 0 aromatic heterocycles. The van der Waals surface area contributed by atoms with E-state index in [9.17, 15) is 14.7 Å². The van der Waals surface area contributed by atoms with Gasteiger partial charge >= 0.3 is 5.97 Å². The molecule has 6 nitrogen and oxygen atoms in total. The Morgan fingerprint density at radius 1 is 1.03 bits per heavy atom. The van der Waals surface area contributed by atoms with Crippen LogP contribution in [0.5, 0.6) is 11.5 Å². The van der Waals surface area contributed by atoms with E-state index in [-0.39, 0.29) is 5.91 Å². The van der Waals surface area contributed by atoms with Gasteiger partial charge in [-0.05, 0) is 47.7 Å². The number of aliphatic carboxylic acids is 1. The van der Waals surface area contributed by atoms with Gasteiger partial charge in [-0.15, -0.1) is 0 Å². The van der Waals surface area contributed by atoms with Crippen LogP contribution in [0.25, 0.3) is 11.1 Å². The number of hydrogen-bond donors (Lipinski definition) is 2. The maximum absolute atomic E-state index is 12.6. The number of hydrogen-bond acceptors (Lipinski definition) is 4. The normalized spacial score (nSPS) is 17.4. The average molecular weight is 395 g/mol. The number of nitrogens with one attached hydrogen (secondary N) is 1. The second-order valence-electron chi connectivity index (χ2n) is 7.73. The summed E-state index contributed by atoms with van der Waals surface area (Å²) in [7, 11) is 3.11. The Bertz CT molecular complexity index is 975. The fourth-order valence-corrected chi connectivity index (χ4v) is 4.77. The molecule has 152 valence electrons. The topological polar surface area (TPSA) is 84.9 Å². The Hall–Kier alpha value is -3.02. The van der Waals surface area contributed by atoms with E-state index in [2.05, 4.69) is 5.32 Å². The number of carbonyl (C=O) groups excluding carboxylic acids is 1. The monoisotopic (exact) mass is 395 g/mol. The largest absolute Gasteiger partial charge is 0.493 e. The third-order valence-electron chi connectivity index (χ3n) is 6.24. The summed E-state index contributed by atoms with van der Waals surface area (Å²) >= 11 is 0. The summed E-state index contributed by atoms with van der Waals surface area (Å²) in [4.78, 5) is 24.5. The zero-order valence-corrected chi connectivity index (χ0v) is 16.7. The zero-order chi connectivity index (χ0) is 20.6. The number of rotatable bonds is 5. The van der Waals surface area contributed by atoms with Gasteiger partial charge in [0.05, 0.1) is 19.6 Å². The Labute approximate surface area is 169 Å². The van der Waals surface area contributed by atoms with E-state index in [1.807, 2.05) is 30.3 Å². The maximum atomic E-state index is 12.6. The molecular weight excluding hydrogens is 370 g/mol. The number of methoxy groups -OCH3 is 2. The number of fused-ring (bicyclic) bond motifs is 1. The molecule has 1 aliphatic heterocycles. The van der Waals surface area contributed by atoms with Crippen LogP contribution in [0.15, 0.2) is 30.3 Å². The van der Waals surface area contributed by atoms with Gasteiger partial charge in [0.25, 0.3) is 5.91 Å². The van der Waals surface area contributed by atoms with Crippen LogP contribution in [0.3, 0.4) is 0 Å². The summed E-state index contributed by atoms with van der Waals surface area (Å²) in [5, 5.41) is 13.2. The molecule has 1 fully saturated rings. The molecule has 29 heavy (non-hydrogen) atoms. The highest BCUT2D eigenvalue weighted by Crippen LogP contribution is 2.51. The molecule has 2 aromatic rings. The molecule has 1 heterocycles. The van der Waals surface area contributed by atoms with Crippen molar-refractivity contribution in [2.24, 2.45) is 0 Å². The van der Waals surface area contributed by atoms with E-state index in [4.69, 9.17) is 9.47 Å². The molecule has 4 rings (SSSR count). The summed E-state index contributed by atoms with van der Waals surface area (Å²) in [5.41, 5.74) is 2.92. The van der Waals surface area contributed by atoms with E-state index in [1.54, 1.807) is 14.2 Å². The summed E-state index contributed by atoms with van der Waals surface area (Å²) in [6.07, 6.45) is 3.86. The molecule has 0 spiro atoms. The van der Waals surface area contributed by atoms with Crippen molar-refractivity contribution in [1.29, 1.82) is 0 Å². The molecule has 2 aliphatic rings. The highest BCUT2D eigenvalue weighted by molar-refractivity contribution is 5.99. The van der Waals surface area contributed by atoms with Crippen molar-refractivity contribution in [2.45, 2.75) is 44.1 Å². The quantitative estimate of drug-likeness (QED) is 0.802. The SMILES string of the molecule is COc1ccc(-c2ccc3c(c2)CNC3=O)c(C2(C(=O)O)CCCCC2)c1OC. The number of carboxylic acids is 1. The first-order valence-electron chi connectivity index (χ1n) is 9.92. The molecule has 0 saturated heterocycles. The van der Waals surface area contributed by atoms with E-state index in [1.165, 1.54) is 0 Å². The van der Waals surface area contributed by atoms with Crippen molar-refractivity contribution < 1.29 is 24.2 Å². The lowest BCUT2D eigenvalue weighted by molar-refractivity contribution is -0.145. The molecule has 0 unspecified atom stereocenters. The molecule has 2 aromatic carbocycles. The van der Waals surface area contributed by atoms with Gasteiger partial charge in [-0.1, -0.05) is 31.4 Å². The molecule has 0 radical (unpaired) electrons. The van der Waals surface area contributed by atoms with Crippen molar-refractivity contribution in [3.05, 3.63) is 47.0 Å². The van der Waals surface area contributed by atoms with Gasteiger partial charge in [-0.2, -0.15) is 0 Å². The van der Waals surface area contributed by atoms with Crippen LogP contribution in [0.2, 0.25) is 0 Å². The van der Waals surface area contributed by atoms with Gasteiger partial charge < -0.3 is 19.9 Å². The molecule has 0 atom stereocenters. The first kappa shape index (κ1) is 19.3. The summed E-state index contributed by atoms with van der Waals surface area (Å²) < 4.78 is 11.2. The smallest absolute Gasteiger partial charge is 0.314 e. The molecule has 1 amide bonds. The van der Waals surface area contributed by atoms with Gasteiger partial charge in [0, 0.05) is 17.7 Å². The highest BCUT2D eigenvalue weighted by atomic mass is 16.5. The minimum Gasteiger partial charge on any atom is -0.493 e. The van der Waals surface area contributed by atoms with E-state index in [0.717, 1.165) is 36.0 Å². The summed E-state index contributed by atoms with van der Waals surface area (Å²) in [6, 6.07) is 9.37. The molecule has 0 bridgehead atoms. The van der Waals surface area contributed by atoms with Crippen LogP contribution in [-0.4, -0.2) is 31.2 Å². The maximum Gasteiger partial charge on any atom is 0.314 e. The number of benzene rings is 2. The van der Waals surface area contributed by atoms with Crippen LogP contribution in [0, 0.1) is 0 Å². The predicted octanol–water partition coefficient (Wildman–Crippen LogP) is 3.90. The van der Waals surface area contributed by atoms with Gasteiger partial charge in [0.15, 0.2) is 11.5 Å². The molecule has 2 N–H and O–H groups in total. The zero-order valence-electron chi connectivity index (χ0n) is 16.7. The second kappa shape index (κ2) is 7.43. The Morgan fingerprint density at radius 3 is 2.41 bits per heavy atom. The van der Waals surface area contributed by atoms with Crippen molar-refractivity contribution in [3.8, 4) is 22.6 Å². The van der Waals surface area contributed by atoms with Crippen molar-refractivity contribution in [1.82, 2.24) is 5.32 Å². The van der Waals surface area contributed by atoms with Gasteiger partial charge in [0.2, 0.25) is 0 Å². The van der Waals surface area contributed by atoms with Crippen LogP contribution < -0.4 is 14.8 Å². The van der Waals surface area contributed by atoms with E-state index >= 15 is 0 Å². The molecular formula is C23H25NO5. The third-order valence-corrected chi connectivity index (χ3v) is 6.24. The van der Waals surface area contributed by atoms with E-state index < -0.39 is 11.4 Å². The molecule has 1 aliphatic carbocycles. The van der Waals surface area contributed by atoms with Gasteiger partial charge in [-0.25, -0.2) is 0 Å². The minimum atomic E-state index is -1.03. The summed E-state index contributed by atoms with van der Waals surface area (Å²) in [5.74, 6) is 0.0934. The minimum absolute atomic E-state index is 0.0756. The molecule has 1 saturated carbocycles. The van der Waals surface area contributed by atoms with Crippen molar-refractivity contribution >= 4 is 11.9 Å². The summed E-state index contributed by atoms with van der Waals surface area (Å²) in [6.45, 7) is 0.481. The van der Waals surface area contributed by atoms with Crippen molar-refractivity contribution in [2.75, 3.05) is 14.2 Å². The number of amides is 1. The molecule has 6 heteroatoms. The van der Waals surface area contributed by atoms with Crippen LogP contribution in [0.1, 0.15) is 53.6 Å².